The van der Waals surface area contributed by atoms with E-state index in [-0.39, 0.29) is 5.92 Å². The van der Waals surface area contributed by atoms with Gasteiger partial charge in [0.2, 0.25) is 5.91 Å². The molecule has 2 atom stereocenters. The molecule has 3 aliphatic rings. The molecule has 1 amide bonds. The second-order valence-electron chi connectivity index (χ2n) is 7.21. The number of carbonyl (C=O) groups excluding carboxylic acids is 1. The number of allylic oxidation sites excluding steroid dienone is 3. The standard InChI is InChI=1S/C20H26N2OS/c23-20(17-7-5-16(6-8-17)18-9-13-24-15-18)22-12-3-4-19(22)14-21-10-1-2-11-21/h5-7,9,13,15,17,19H,1-4,8,10-12,14H2. The van der Waals surface area contributed by atoms with Gasteiger partial charge in [-0.2, -0.15) is 11.3 Å². The number of carbonyl (C=O) groups is 1. The monoisotopic (exact) mass is 342 g/mol. The summed E-state index contributed by atoms with van der Waals surface area (Å²) in [5, 5.41) is 4.28. The fourth-order valence-corrected chi connectivity index (χ4v) is 4.90. The molecule has 3 heterocycles. The van der Waals surface area contributed by atoms with Crippen molar-refractivity contribution in [1.29, 1.82) is 0 Å². The van der Waals surface area contributed by atoms with Gasteiger partial charge in [0.25, 0.3) is 0 Å². The van der Waals surface area contributed by atoms with Crippen LogP contribution in [-0.2, 0) is 4.79 Å². The van der Waals surface area contributed by atoms with E-state index in [0.717, 1.165) is 25.9 Å². The summed E-state index contributed by atoms with van der Waals surface area (Å²) in [5.41, 5.74) is 2.53. The summed E-state index contributed by atoms with van der Waals surface area (Å²) in [6, 6.07) is 2.58. The summed E-state index contributed by atoms with van der Waals surface area (Å²) in [7, 11) is 0. The van der Waals surface area contributed by atoms with Crippen molar-refractivity contribution in [2.45, 2.75) is 38.1 Å². The van der Waals surface area contributed by atoms with Crippen molar-refractivity contribution < 1.29 is 4.79 Å². The predicted molar refractivity (Wildman–Crippen MR) is 100.0 cm³/mol. The average molecular weight is 343 g/mol. The lowest BCUT2D eigenvalue weighted by Gasteiger charge is -2.31. The van der Waals surface area contributed by atoms with Crippen molar-refractivity contribution in [3.8, 4) is 0 Å². The molecule has 1 aromatic rings. The molecular weight excluding hydrogens is 316 g/mol. The van der Waals surface area contributed by atoms with Gasteiger partial charge in [0.15, 0.2) is 0 Å². The van der Waals surface area contributed by atoms with Crippen LogP contribution in [0.25, 0.3) is 5.57 Å². The Kier molecular flexibility index (Phi) is 4.86. The fraction of sp³-hybridized carbons (Fsp3) is 0.550. The van der Waals surface area contributed by atoms with Crippen molar-refractivity contribution in [3.05, 3.63) is 40.6 Å². The van der Waals surface area contributed by atoms with Crippen molar-refractivity contribution in [3.63, 3.8) is 0 Å². The van der Waals surface area contributed by atoms with Gasteiger partial charge in [-0.15, -0.1) is 0 Å². The van der Waals surface area contributed by atoms with Crippen LogP contribution in [0.2, 0.25) is 0 Å². The second kappa shape index (κ2) is 7.24. The molecule has 1 aliphatic carbocycles. The summed E-state index contributed by atoms with van der Waals surface area (Å²) in [5.74, 6) is 0.375. The second-order valence-corrected chi connectivity index (χ2v) is 7.99. The molecule has 0 bridgehead atoms. The third-order valence-corrected chi connectivity index (χ3v) is 6.28. The molecule has 2 unspecified atom stereocenters. The molecule has 4 rings (SSSR count). The zero-order valence-electron chi connectivity index (χ0n) is 14.2. The molecule has 0 N–H and O–H groups in total. The number of amides is 1. The van der Waals surface area contributed by atoms with Gasteiger partial charge in [-0.3, -0.25) is 4.79 Å². The summed E-state index contributed by atoms with van der Waals surface area (Å²) in [4.78, 5) is 17.7. The van der Waals surface area contributed by atoms with E-state index in [2.05, 4.69) is 44.9 Å². The van der Waals surface area contributed by atoms with E-state index < -0.39 is 0 Å². The third-order valence-electron chi connectivity index (χ3n) is 5.60. The minimum absolute atomic E-state index is 0.0339. The normalized spacial score (nSPS) is 27.7. The third kappa shape index (κ3) is 3.35. The lowest BCUT2D eigenvalue weighted by Crippen LogP contribution is -2.44. The first-order valence-corrected chi connectivity index (χ1v) is 10.2. The molecule has 0 aromatic carbocycles. The molecule has 2 fully saturated rings. The maximum absolute atomic E-state index is 13.0. The Bertz CT molecular complexity index is 628. The molecule has 2 saturated heterocycles. The van der Waals surface area contributed by atoms with Gasteiger partial charge in [0.05, 0.1) is 5.92 Å². The minimum Gasteiger partial charge on any atom is -0.338 e. The van der Waals surface area contributed by atoms with E-state index in [1.165, 1.54) is 43.5 Å². The van der Waals surface area contributed by atoms with Gasteiger partial charge in [0, 0.05) is 19.1 Å². The van der Waals surface area contributed by atoms with Crippen molar-refractivity contribution in [2.75, 3.05) is 26.2 Å². The lowest BCUT2D eigenvalue weighted by atomic mass is 9.93. The van der Waals surface area contributed by atoms with E-state index in [1.807, 2.05) is 0 Å². The highest BCUT2D eigenvalue weighted by Gasteiger charge is 2.33. The molecule has 0 radical (unpaired) electrons. The highest BCUT2D eigenvalue weighted by molar-refractivity contribution is 7.08. The summed E-state index contributed by atoms with van der Waals surface area (Å²) in [6.07, 6.45) is 12.3. The Morgan fingerprint density at radius 2 is 2.08 bits per heavy atom. The van der Waals surface area contributed by atoms with Crippen LogP contribution >= 0.6 is 11.3 Å². The zero-order valence-corrected chi connectivity index (χ0v) is 15.0. The van der Waals surface area contributed by atoms with Crippen molar-refractivity contribution in [2.24, 2.45) is 5.92 Å². The first-order valence-electron chi connectivity index (χ1n) is 9.25. The topological polar surface area (TPSA) is 23.6 Å². The largest absolute Gasteiger partial charge is 0.338 e. The number of likely N-dealkylation sites (tertiary alicyclic amines) is 2. The predicted octanol–water partition coefficient (Wildman–Crippen LogP) is 3.79. The van der Waals surface area contributed by atoms with Crippen molar-refractivity contribution in [1.82, 2.24) is 9.80 Å². The molecule has 0 spiro atoms. The quantitative estimate of drug-likeness (QED) is 0.831. The van der Waals surface area contributed by atoms with Crippen LogP contribution < -0.4 is 0 Å². The average Bonchev–Trinajstić information content (AvgIpc) is 3.37. The Labute approximate surface area is 148 Å². The minimum atomic E-state index is 0.0339. The van der Waals surface area contributed by atoms with Crippen LogP contribution in [-0.4, -0.2) is 47.9 Å². The maximum Gasteiger partial charge on any atom is 0.230 e. The van der Waals surface area contributed by atoms with Gasteiger partial charge in [-0.1, -0.05) is 18.2 Å². The molecule has 128 valence electrons. The number of hydrogen-bond donors (Lipinski definition) is 0. The summed E-state index contributed by atoms with van der Waals surface area (Å²) >= 11 is 1.72. The van der Waals surface area contributed by atoms with Gasteiger partial charge in [-0.25, -0.2) is 0 Å². The zero-order chi connectivity index (χ0) is 16.4. The SMILES string of the molecule is O=C(C1C=CC(c2ccsc2)=CC1)N1CCCC1CN1CCCC1. The summed E-state index contributed by atoms with van der Waals surface area (Å²) in [6.45, 7) is 4.46. The van der Waals surface area contributed by atoms with Crippen LogP contribution in [0, 0.1) is 5.92 Å². The molecule has 24 heavy (non-hydrogen) atoms. The lowest BCUT2D eigenvalue weighted by molar-refractivity contribution is -0.135. The van der Waals surface area contributed by atoms with Crippen molar-refractivity contribution >= 4 is 22.8 Å². The molecule has 3 nitrogen and oxygen atoms in total. The van der Waals surface area contributed by atoms with Gasteiger partial charge in [-0.05, 0) is 73.2 Å². The van der Waals surface area contributed by atoms with Crippen LogP contribution in [0.5, 0.6) is 0 Å². The van der Waals surface area contributed by atoms with E-state index >= 15 is 0 Å². The van der Waals surface area contributed by atoms with Crippen LogP contribution in [0.15, 0.2) is 35.1 Å². The number of nitrogens with zero attached hydrogens (tertiary/aromatic N) is 2. The molecule has 4 heteroatoms. The van der Waals surface area contributed by atoms with Crippen LogP contribution in [0.4, 0.5) is 0 Å². The molecular formula is C20H26N2OS. The number of hydrogen-bond acceptors (Lipinski definition) is 3. The van der Waals surface area contributed by atoms with E-state index in [9.17, 15) is 4.79 Å². The van der Waals surface area contributed by atoms with Crippen LogP contribution in [0.3, 0.4) is 0 Å². The Balaban J connectivity index is 1.38. The Morgan fingerprint density at radius 3 is 2.79 bits per heavy atom. The molecule has 2 aliphatic heterocycles. The molecule has 1 aromatic heterocycles. The highest BCUT2D eigenvalue weighted by atomic mass is 32.1. The van der Waals surface area contributed by atoms with Gasteiger partial charge < -0.3 is 9.80 Å². The van der Waals surface area contributed by atoms with E-state index in [4.69, 9.17) is 0 Å². The number of rotatable bonds is 4. The van der Waals surface area contributed by atoms with Gasteiger partial charge in [0.1, 0.15) is 0 Å². The maximum atomic E-state index is 13.0. The van der Waals surface area contributed by atoms with E-state index in [0.29, 0.717) is 11.9 Å². The summed E-state index contributed by atoms with van der Waals surface area (Å²) < 4.78 is 0. The van der Waals surface area contributed by atoms with Gasteiger partial charge >= 0.3 is 0 Å². The Hall–Kier alpha value is -1.39. The first kappa shape index (κ1) is 16.1. The highest BCUT2D eigenvalue weighted by Crippen LogP contribution is 2.29. The van der Waals surface area contributed by atoms with E-state index in [1.54, 1.807) is 11.3 Å². The van der Waals surface area contributed by atoms with Crippen LogP contribution in [0.1, 0.15) is 37.7 Å². The molecule has 0 saturated carbocycles. The number of thiophene rings is 1. The Morgan fingerprint density at radius 1 is 1.21 bits per heavy atom. The fourth-order valence-electron chi connectivity index (χ4n) is 4.24. The first-order chi connectivity index (χ1) is 11.8. The smallest absolute Gasteiger partial charge is 0.230 e.